The van der Waals surface area contributed by atoms with Gasteiger partial charge in [0.1, 0.15) is 0 Å². The summed E-state index contributed by atoms with van der Waals surface area (Å²) in [5, 5.41) is 4.61. The second-order valence-corrected chi connectivity index (χ2v) is 14.0. The summed E-state index contributed by atoms with van der Waals surface area (Å²) in [6, 6.07) is 70.4. The normalized spacial score (nSPS) is 11.6. The highest BCUT2D eigenvalue weighted by Gasteiger charge is 2.20. The Morgan fingerprint density at radius 3 is 1.00 bits per heavy atom. The SMILES string of the molecule is c1ccc(-c2ccccc2-c2ccccc2-c2ccc(-c3nc(-n4c5ccccc5c5ccccc54)nc(-n4c5ccccc5c5ccccc54)n3)cc2)cc1. The van der Waals surface area contributed by atoms with Gasteiger partial charge in [-0.15, -0.1) is 0 Å². The summed E-state index contributed by atoms with van der Waals surface area (Å²) in [6.45, 7) is 0. The third-order valence-electron chi connectivity index (χ3n) is 10.9. The van der Waals surface area contributed by atoms with Gasteiger partial charge in [-0.25, -0.2) is 0 Å². The Morgan fingerprint density at radius 2 is 0.571 bits per heavy atom. The highest BCUT2D eigenvalue weighted by Crippen LogP contribution is 2.39. The van der Waals surface area contributed by atoms with E-state index in [0.717, 1.165) is 60.3 Å². The number of hydrogen-bond donors (Lipinski definition) is 0. The van der Waals surface area contributed by atoms with Crippen molar-refractivity contribution in [3.8, 4) is 56.7 Å². The van der Waals surface area contributed by atoms with Crippen molar-refractivity contribution in [3.05, 3.63) is 200 Å². The maximum absolute atomic E-state index is 5.29. The number of para-hydroxylation sites is 4. The van der Waals surface area contributed by atoms with E-state index in [4.69, 9.17) is 15.0 Å². The average molecular weight is 716 g/mol. The summed E-state index contributed by atoms with van der Waals surface area (Å²) < 4.78 is 4.34. The fraction of sp³-hybridized carbons (Fsp3) is 0. The average Bonchev–Trinajstić information content (AvgIpc) is 3.80. The van der Waals surface area contributed by atoms with Crippen molar-refractivity contribution in [1.29, 1.82) is 0 Å². The van der Waals surface area contributed by atoms with Gasteiger partial charge in [-0.1, -0.05) is 176 Å². The predicted molar refractivity (Wildman–Crippen MR) is 230 cm³/mol. The van der Waals surface area contributed by atoms with Crippen LogP contribution < -0.4 is 0 Å². The van der Waals surface area contributed by atoms with Crippen molar-refractivity contribution >= 4 is 43.6 Å². The van der Waals surface area contributed by atoms with Gasteiger partial charge in [0, 0.05) is 27.1 Å². The van der Waals surface area contributed by atoms with Gasteiger partial charge >= 0.3 is 0 Å². The van der Waals surface area contributed by atoms with E-state index in [1.807, 2.05) is 0 Å². The highest BCUT2D eigenvalue weighted by atomic mass is 15.3. The first-order valence-electron chi connectivity index (χ1n) is 18.9. The molecule has 0 saturated heterocycles. The van der Waals surface area contributed by atoms with Gasteiger partial charge in [-0.2, -0.15) is 15.0 Å². The van der Waals surface area contributed by atoms with E-state index in [2.05, 4.69) is 209 Å². The Hall–Kier alpha value is -7.63. The fourth-order valence-corrected chi connectivity index (χ4v) is 8.31. The Labute approximate surface area is 323 Å². The molecule has 0 atom stereocenters. The molecule has 3 heterocycles. The number of nitrogens with zero attached hydrogens (tertiary/aromatic N) is 5. The molecule has 0 bridgehead atoms. The van der Waals surface area contributed by atoms with Crippen LogP contribution in [0.15, 0.2) is 200 Å². The predicted octanol–water partition coefficient (Wildman–Crippen LogP) is 12.7. The Morgan fingerprint density at radius 1 is 0.250 bits per heavy atom. The van der Waals surface area contributed by atoms with E-state index in [1.54, 1.807) is 0 Å². The molecule has 0 aliphatic heterocycles. The molecule has 0 saturated carbocycles. The third-order valence-corrected chi connectivity index (χ3v) is 10.9. The summed E-state index contributed by atoms with van der Waals surface area (Å²) in [6.07, 6.45) is 0. The first kappa shape index (κ1) is 31.9. The van der Waals surface area contributed by atoms with Crippen molar-refractivity contribution in [1.82, 2.24) is 24.1 Å². The van der Waals surface area contributed by atoms with Crippen LogP contribution in [0.1, 0.15) is 0 Å². The molecule has 262 valence electrons. The van der Waals surface area contributed by atoms with E-state index in [9.17, 15) is 0 Å². The van der Waals surface area contributed by atoms with E-state index < -0.39 is 0 Å². The molecule has 0 N–H and O–H groups in total. The van der Waals surface area contributed by atoms with Gasteiger partial charge in [0.05, 0.1) is 22.1 Å². The molecular formula is C51H33N5. The molecular weight excluding hydrogens is 683 g/mol. The van der Waals surface area contributed by atoms with Gasteiger partial charge in [0.25, 0.3) is 0 Å². The van der Waals surface area contributed by atoms with Crippen LogP contribution in [0, 0.1) is 0 Å². The number of benzene rings is 8. The van der Waals surface area contributed by atoms with Gasteiger partial charge in [-0.3, -0.25) is 9.13 Å². The Bertz CT molecular complexity index is 3010. The number of rotatable bonds is 6. The van der Waals surface area contributed by atoms with Crippen LogP contribution in [-0.2, 0) is 0 Å². The molecule has 0 unspecified atom stereocenters. The largest absolute Gasteiger partial charge is 0.278 e. The molecule has 56 heavy (non-hydrogen) atoms. The minimum absolute atomic E-state index is 0.566. The lowest BCUT2D eigenvalue weighted by Crippen LogP contribution is -2.10. The molecule has 0 fully saturated rings. The molecule has 0 radical (unpaired) electrons. The topological polar surface area (TPSA) is 48.5 Å². The van der Waals surface area contributed by atoms with E-state index in [1.165, 1.54) is 22.3 Å². The molecule has 11 rings (SSSR count). The van der Waals surface area contributed by atoms with Crippen LogP contribution in [0.25, 0.3) is 100 Å². The molecule has 5 heteroatoms. The molecule has 11 aromatic rings. The van der Waals surface area contributed by atoms with Crippen molar-refractivity contribution in [2.45, 2.75) is 0 Å². The first-order chi connectivity index (χ1) is 27.8. The van der Waals surface area contributed by atoms with E-state index >= 15 is 0 Å². The minimum Gasteiger partial charge on any atom is -0.278 e. The summed E-state index contributed by atoms with van der Waals surface area (Å²) >= 11 is 0. The maximum atomic E-state index is 5.29. The number of hydrogen-bond acceptors (Lipinski definition) is 3. The van der Waals surface area contributed by atoms with Crippen LogP contribution in [0.5, 0.6) is 0 Å². The molecule has 8 aromatic carbocycles. The molecule has 0 aliphatic carbocycles. The minimum atomic E-state index is 0.566. The molecule has 3 aromatic heterocycles. The highest BCUT2D eigenvalue weighted by molar-refractivity contribution is 6.10. The quantitative estimate of drug-likeness (QED) is 0.172. The van der Waals surface area contributed by atoms with Gasteiger partial charge < -0.3 is 0 Å². The molecule has 0 spiro atoms. The third kappa shape index (κ3) is 5.13. The van der Waals surface area contributed by atoms with Gasteiger partial charge in [-0.05, 0) is 57.6 Å². The number of fused-ring (bicyclic) bond motifs is 6. The monoisotopic (exact) mass is 715 g/mol. The Balaban J connectivity index is 1.10. The van der Waals surface area contributed by atoms with Gasteiger partial charge in [0.2, 0.25) is 11.9 Å². The molecule has 0 amide bonds. The summed E-state index contributed by atoms with van der Waals surface area (Å²) in [4.78, 5) is 15.8. The zero-order chi connectivity index (χ0) is 37.0. The van der Waals surface area contributed by atoms with Crippen molar-refractivity contribution < 1.29 is 0 Å². The summed E-state index contributed by atoms with van der Waals surface area (Å²) in [7, 11) is 0. The number of aromatic nitrogens is 5. The van der Waals surface area contributed by atoms with Crippen LogP contribution >= 0.6 is 0 Å². The summed E-state index contributed by atoms with van der Waals surface area (Å²) in [5.41, 5.74) is 12.1. The fourth-order valence-electron chi connectivity index (χ4n) is 8.31. The lowest BCUT2D eigenvalue weighted by molar-refractivity contribution is 0.893. The lowest BCUT2D eigenvalue weighted by Gasteiger charge is -2.15. The molecule has 0 aliphatic rings. The summed E-state index contributed by atoms with van der Waals surface area (Å²) in [5.74, 6) is 1.73. The Kier molecular flexibility index (Phi) is 7.42. The lowest BCUT2D eigenvalue weighted by atomic mass is 9.89. The van der Waals surface area contributed by atoms with Crippen molar-refractivity contribution in [2.24, 2.45) is 0 Å². The molecule has 5 nitrogen and oxygen atoms in total. The second kappa shape index (κ2) is 13.0. The maximum Gasteiger partial charge on any atom is 0.240 e. The smallest absolute Gasteiger partial charge is 0.240 e. The zero-order valence-corrected chi connectivity index (χ0v) is 30.3. The second-order valence-electron chi connectivity index (χ2n) is 14.0. The van der Waals surface area contributed by atoms with Crippen LogP contribution in [0.4, 0.5) is 0 Å². The van der Waals surface area contributed by atoms with Crippen LogP contribution in [-0.4, -0.2) is 24.1 Å². The standard InChI is InChI=1S/C51H33N5/c1-2-16-34(17-3-1)37-18-4-6-20-39(37)40-21-7-5-19-38(40)35-30-32-36(33-31-35)49-52-50(55-45-26-12-8-22-41(45)42-23-9-13-27-46(42)55)54-51(53-49)56-47-28-14-10-24-43(47)44-25-11-15-29-48(44)56/h1-33H. The van der Waals surface area contributed by atoms with E-state index in [0.29, 0.717) is 17.7 Å². The first-order valence-corrected chi connectivity index (χ1v) is 18.9. The van der Waals surface area contributed by atoms with Crippen molar-refractivity contribution in [2.75, 3.05) is 0 Å². The van der Waals surface area contributed by atoms with Crippen LogP contribution in [0.3, 0.4) is 0 Å². The van der Waals surface area contributed by atoms with Crippen LogP contribution in [0.2, 0.25) is 0 Å². The zero-order valence-electron chi connectivity index (χ0n) is 30.3. The van der Waals surface area contributed by atoms with Crippen molar-refractivity contribution in [3.63, 3.8) is 0 Å². The van der Waals surface area contributed by atoms with Gasteiger partial charge in [0.15, 0.2) is 5.82 Å². The van der Waals surface area contributed by atoms with E-state index in [-0.39, 0.29) is 0 Å².